The van der Waals surface area contributed by atoms with Crippen LogP contribution >= 0.6 is 0 Å². The Labute approximate surface area is 79.7 Å². The van der Waals surface area contributed by atoms with Crippen LogP contribution in [0.3, 0.4) is 0 Å². The summed E-state index contributed by atoms with van der Waals surface area (Å²) in [5, 5.41) is 9.09. The van der Waals surface area contributed by atoms with Gasteiger partial charge in [-0.1, -0.05) is 35.9 Å². The van der Waals surface area contributed by atoms with Crippen molar-refractivity contribution in [3.8, 4) is 0 Å². The van der Waals surface area contributed by atoms with Gasteiger partial charge in [-0.2, -0.15) is 0 Å². The lowest BCUT2D eigenvalue weighted by atomic mass is 10.1. The normalized spacial score (nSPS) is 13.5. The molecule has 0 radical (unpaired) electrons. The Morgan fingerprint density at radius 1 is 1.31 bits per heavy atom. The highest BCUT2D eigenvalue weighted by Crippen LogP contribution is 2.12. The average Bonchev–Trinajstić information content (AvgIpc) is 2.06. The number of hydrogen-bond acceptors (Lipinski definition) is 1. The molecule has 1 aromatic rings. The third-order valence-corrected chi connectivity index (χ3v) is 1.99. The highest BCUT2D eigenvalue weighted by Gasteiger charge is 1.94. The summed E-state index contributed by atoms with van der Waals surface area (Å²) in [6, 6.07) is 6.31. The maximum absolute atomic E-state index is 9.09. The average molecular weight is 176 g/mol. The Morgan fingerprint density at radius 2 is 2.00 bits per heavy atom. The smallest absolute Gasteiger partial charge is 0.0696 e. The Bertz CT molecular complexity index is 311. The molecule has 0 bridgehead atoms. The second-order valence-corrected chi connectivity index (χ2v) is 3.46. The number of hydrogen-bond donors (Lipinski definition) is 1. The van der Waals surface area contributed by atoms with E-state index in [-0.39, 0.29) is 6.10 Å². The zero-order chi connectivity index (χ0) is 9.84. The van der Waals surface area contributed by atoms with Gasteiger partial charge in [0.1, 0.15) is 0 Å². The predicted molar refractivity (Wildman–Crippen MR) is 56.6 cm³/mol. The number of rotatable bonds is 2. The second-order valence-electron chi connectivity index (χ2n) is 3.46. The van der Waals surface area contributed by atoms with E-state index in [0.717, 1.165) is 0 Å². The van der Waals surface area contributed by atoms with Gasteiger partial charge in [-0.05, 0) is 31.9 Å². The van der Waals surface area contributed by atoms with Gasteiger partial charge in [0.05, 0.1) is 6.10 Å². The fourth-order valence-electron chi connectivity index (χ4n) is 1.18. The molecule has 13 heavy (non-hydrogen) atoms. The van der Waals surface area contributed by atoms with Crippen molar-refractivity contribution in [1.82, 2.24) is 0 Å². The molecular formula is C12H16O. The van der Waals surface area contributed by atoms with E-state index in [0.29, 0.717) is 0 Å². The van der Waals surface area contributed by atoms with E-state index in [9.17, 15) is 0 Å². The molecule has 1 heteroatoms. The van der Waals surface area contributed by atoms with Crippen LogP contribution in [-0.4, -0.2) is 11.2 Å². The van der Waals surface area contributed by atoms with Gasteiger partial charge in [-0.25, -0.2) is 0 Å². The van der Waals surface area contributed by atoms with E-state index in [1.54, 1.807) is 13.0 Å². The minimum absolute atomic E-state index is 0.375. The van der Waals surface area contributed by atoms with Crippen LogP contribution in [0.5, 0.6) is 0 Å². The van der Waals surface area contributed by atoms with Crippen molar-refractivity contribution >= 4 is 6.08 Å². The molecule has 1 atom stereocenters. The van der Waals surface area contributed by atoms with Crippen LogP contribution in [0.25, 0.3) is 6.08 Å². The van der Waals surface area contributed by atoms with Crippen molar-refractivity contribution in [2.45, 2.75) is 26.9 Å². The molecule has 0 aliphatic heterocycles. The first-order chi connectivity index (χ1) is 6.09. The van der Waals surface area contributed by atoms with Gasteiger partial charge < -0.3 is 5.11 Å². The predicted octanol–water partition coefficient (Wildman–Crippen LogP) is 2.70. The molecule has 0 heterocycles. The minimum atomic E-state index is -0.375. The van der Waals surface area contributed by atoms with Crippen molar-refractivity contribution in [3.63, 3.8) is 0 Å². The molecule has 1 nitrogen and oxygen atoms in total. The van der Waals surface area contributed by atoms with Gasteiger partial charge >= 0.3 is 0 Å². The largest absolute Gasteiger partial charge is 0.389 e. The molecule has 1 aromatic carbocycles. The van der Waals surface area contributed by atoms with Crippen LogP contribution in [0.1, 0.15) is 23.6 Å². The Morgan fingerprint density at radius 3 is 2.62 bits per heavy atom. The van der Waals surface area contributed by atoms with Gasteiger partial charge in [0.25, 0.3) is 0 Å². The topological polar surface area (TPSA) is 20.2 Å². The van der Waals surface area contributed by atoms with Crippen molar-refractivity contribution in [3.05, 3.63) is 41.0 Å². The monoisotopic (exact) mass is 176 g/mol. The van der Waals surface area contributed by atoms with Gasteiger partial charge in [-0.3, -0.25) is 0 Å². The number of aryl methyl sites for hydroxylation is 2. The zero-order valence-corrected chi connectivity index (χ0v) is 8.41. The Kier molecular flexibility index (Phi) is 3.26. The summed E-state index contributed by atoms with van der Waals surface area (Å²) >= 11 is 0. The Balaban J connectivity index is 2.93. The first-order valence-electron chi connectivity index (χ1n) is 4.53. The van der Waals surface area contributed by atoms with E-state index in [1.807, 2.05) is 6.08 Å². The fraction of sp³-hybridized carbons (Fsp3) is 0.333. The molecular weight excluding hydrogens is 160 g/mol. The van der Waals surface area contributed by atoms with Crippen LogP contribution in [0, 0.1) is 13.8 Å². The van der Waals surface area contributed by atoms with E-state index in [4.69, 9.17) is 5.11 Å². The van der Waals surface area contributed by atoms with E-state index in [2.05, 4.69) is 32.0 Å². The summed E-state index contributed by atoms with van der Waals surface area (Å²) in [5.41, 5.74) is 3.67. The lowest BCUT2D eigenvalue weighted by Gasteiger charge is -2.02. The first-order valence-corrected chi connectivity index (χ1v) is 4.53. The molecule has 0 aliphatic carbocycles. The number of aliphatic hydroxyl groups excluding tert-OH is 1. The van der Waals surface area contributed by atoms with Crippen LogP contribution in [0.4, 0.5) is 0 Å². The maximum atomic E-state index is 9.09. The van der Waals surface area contributed by atoms with Crippen molar-refractivity contribution < 1.29 is 5.11 Å². The third kappa shape index (κ3) is 3.03. The summed E-state index contributed by atoms with van der Waals surface area (Å²) in [4.78, 5) is 0. The summed E-state index contributed by atoms with van der Waals surface area (Å²) < 4.78 is 0. The molecule has 0 amide bonds. The van der Waals surface area contributed by atoms with Gasteiger partial charge in [0.2, 0.25) is 0 Å². The molecule has 1 N–H and O–H groups in total. The zero-order valence-electron chi connectivity index (χ0n) is 8.41. The first kappa shape index (κ1) is 10.0. The quantitative estimate of drug-likeness (QED) is 0.734. The molecule has 0 saturated heterocycles. The molecule has 0 aromatic heterocycles. The summed E-state index contributed by atoms with van der Waals surface area (Å²) in [6.07, 6.45) is 3.38. The lowest BCUT2D eigenvalue weighted by Crippen LogP contribution is -1.92. The highest BCUT2D eigenvalue weighted by molar-refractivity contribution is 5.54. The SMILES string of the molecule is Cc1ccc(C)c(/C=C\C(C)O)c1. The second kappa shape index (κ2) is 4.24. The van der Waals surface area contributed by atoms with Crippen LogP contribution in [0.2, 0.25) is 0 Å². The summed E-state index contributed by atoms with van der Waals surface area (Å²) in [6.45, 7) is 5.89. The van der Waals surface area contributed by atoms with Crippen LogP contribution in [-0.2, 0) is 0 Å². The van der Waals surface area contributed by atoms with Crippen LogP contribution < -0.4 is 0 Å². The van der Waals surface area contributed by atoms with Gasteiger partial charge in [0, 0.05) is 0 Å². The standard InChI is InChI=1S/C12H16O/c1-9-4-5-10(2)12(8-9)7-6-11(3)13/h4-8,11,13H,1-3H3/b7-6-. The van der Waals surface area contributed by atoms with E-state index in [1.165, 1.54) is 16.7 Å². The van der Waals surface area contributed by atoms with E-state index < -0.39 is 0 Å². The Hall–Kier alpha value is -1.08. The molecule has 0 spiro atoms. The molecule has 70 valence electrons. The van der Waals surface area contributed by atoms with E-state index >= 15 is 0 Å². The summed E-state index contributed by atoms with van der Waals surface area (Å²) in [5.74, 6) is 0. The van der Waals surface area contributed by atoms with Crippen molar-refractivity contribution in [1.29, 1.82) is 0 Å². The lowest BCUT2D eigenvalue weighted by molar-refractivity contribution is 0.245. The third-order valence-electron chi connectivity index (χ3n) is 1.99. The maximum Gasteiger partial charge on any atom is 0.0696 e. The minimum Gasteiger partial charge on any atom is -0.389 e. The highest BCUT2D eigenvalue weighted by atomic mass is 16.3. The fourth-order valence-corrected chi connectivity index (χ4v) is 1.18. The molecule has 0 fully saturated rings. The molecule has 1 unspecified atom stereocenters. The van der Waals surface area contributed by atoms with Gasteiger partial charge in [-0.15, -0.1) is 0 Å². The number of aliphatic hydroxyl groups is 1. The summed E-state index contributed by atoms with van der Waals surface area (Å²) in [7, 11) is 0. The molecule has 1 rings (SSSR count). The molecule has 0 saturated carbocycles. The molecule has 0 aliphatic rings. The van der Waals surface area contributed by atoms with Crippen LogP contribution in [0.15, 0.2) is 24.3 Å². The van der Waals surface area contributed by atoms with Crippen molar-refractivity contribution in [2.24, 2.45) is 0 Å². The van der Waals surface area contributed by atoms with Crippen molar-refractivity contribution in [2.75, 3.05) is 0 Å². The van der Waals surface area contributed by atoms with Gasteiger partial charge in [0.15, 0.2) is 0 Å². The number of benzene rings is 1.